The number of nitrogens with one attached hydrogen (secondary N) is 1. The molecule has 3 heteroatoms. The Labute approximate surface area is 78.1 Å². The molecule has 0 heterocycles. The van der Waals surface area contributed by atoms with Crippen LogP contribution in [0.3, 0.4) is 0 Å². The van der Waals surface area contributed by atoms with Gasteiger partial charge in [0, 0.05) is 6.04 Å². The van der Waals surface area contributed by atoms with Crippen molar-refractivity contribution in [3.8, 4) is 0 Å². The Morgan fingerprint density at radius 1 is 1.31 bits per heavy atom. The smallest absolute Gasteiger partial charge is 0.233 e. The summed E-state index contributed by atoms with van der Waals surface area (Å²) < 4.78 is 0. The van der Waals surface area contributed by atoms with Gasteiger partial charge in [-0.2, -0.15) is 0 Å². The van der Waals surface area contributed by atoms with Crippen molar-refractivity contribution in [1.82, 2.24) is 5.32 Å². The summed E-state index contributed by atoms with van der Waals surface area (Å²) in [5.74, 6) is 3.54. The molecule has 3 fully saturated rings. The van der Waals surface area contributed by atoms with E-state index >= 15 is 0 Å². The van der Waals surface area contributed by atoms with E-state index in [0.29, 0.717) is 6.04 Å². The minimum absolute atomic E-state index is 0.0267. The first-order chi connectivity index (χ1) is 6.31. The van der Waals surface area contributed by atoms with Gasteiger partial charge < -0.3 is 11.1 Å². The highest BCUT2D eigenvalue weighted by atomic mass is 16.1. The fraction of sp³-hybridized carbons (Fsp3) is 0.900. The van der Waals surface area contributed by atoms with Crippen molar-refractivity contribution in [2.45, 2.75) is 25.3 Å². The van der Waals surface area contributed by atoms with Gasteiger partial charge in [0.15, 0.2) is 0 Å². The maximum Gasteiger partial charge on any atom is 0.233 e. The zero-order valence-corrected chi connectivity index (χ0v) is 7.70. The average molecular weight is 180 g/mol. The van der Waals surface area contributed by atoms with Crippen LogP contribution in [-0.4, -0.2) is 18.5 Å². The molecule has 3 N–H and O–H groups in total. The van der Waals surface area contributed by atoms with Crippen LogP contribution in [0.4, 0.5) is 0 Å². The molecule has 4 atom stereocenters. The standard InChI is InChI=1S/C10H16N2O/c11-4-7(13)12-10-8-5-1-2-6(3-5)9(8)10/h5-6,8-10H,1-4,11H2,(H,12,13). The monoisotopic (exact) mass is 180 g/mol. The molecular weight excluding hydrogens is 164 g/mol. The SMILES string of the molecule is NCC(=O)NC1C2C3CCC(C3)C12. The minimum atomic E-state index is 0.0267. The number of amides is 1. The summed E-state index contributed by atoms with van der Waals surface area (Å²) in [7, 11) is 0. The topological polar surface area (TPSA) is 55.1 Å². The van der Waals surface area contributed by atoms with Crippen molar-refractivity contribution in [2.24, 2.45) is 29.4 Å². The lowest BCUT2D eigenvalue weighted by Gasteiger charge is -2.09. The summed E-state index contributed by atoms with van der Waals surface area (Å²) in [5.41, 5.74) is 5.27. The Balaban J connectivity index is 1.64. The molecule has 1 amide bonds. The van der Waals surface area contributed by atoms with E-state index in [0.717, 1.165) is 23.7 Å². The van der Waals surface area contributed by atoms with Crippen LogP contribution in [0.25, 0.3) is 0 Å². The zero-order chi connectivity index (χ0) is 9.00. The highest BCUT2D eigenvalue weighted by Gasteiger charge is 2.65. The summed E-state index contributed by atoms with van der Waals surface area (Å²) in [5, 5.41) is 3.04. The molecule has 0 aromatic heterocycles. The normalized spacial score (nSPS) is 50.4. The van der Waals surface area contributed by atoms with Crippen LogP contribution >= 0.6 is 0 Å². The van der Waals surface area contributed by atoms with Gasteiger partial charge in [0.25, 0.3) is 0 Å². The van der Waals surface area contributed by atoms with Crippen molar-refractivity contribution in [3.05, 3.63) is 0 Å². The Morgan fingerprint density at radius 2 is 1.92 bits per heavy atom. The molecule has 72 valence electrons. The van der Waals surface area contributed by atoms with E-state index in [1.807, 2.05) is 0 Å². The fourth-order valence-corrected chi connectivity index (χ4v) is 3.76. The third kappa shape index (κ3) is 0.966. The lowest BCUT2D eigenvalue weighted by molar-refractivity contribution is -0.120. The predicted octanol–water partition coefficient (Wildman–Crippen LogP) is 0.106. The van der Waals surface area contributed by atoms with Crippen LogP contribution in [0.1, 0.15) is 19.3 Å². The number of carbonyl (C=O) groups is 1. The number of fused-ring (bicyclic) bond motifs is 5. The van der Waals surface area contributed by atoms with Crippen LogP contribution in [0.5, 0.6) is 0 Å². The molecule has 3 nitrogen and oxygen atoms in total. The molecule has 0 saturated heterocycles. The van der Waals surface area contributed by atoms with Crippen molar-refractivity contribution in [3.63, 3.8) is 0 Å². The Kier molecular flexibility index (Phi) is 1.48. The first-order valence-corrected chi connectivity index (χ1v) is 5.30. The number of nitrogens with two attached hydrogens (primary N) is 1. The highest BCUT2D eigenvalue weighted by Crippen LogP contribution is 2.65. The van der Waals surface area contributed by atoms with Gasteiger partial charge in [0.2, 0.25) is 5.91 Å². The van der Waals surface area contributed by atoms with Crippen LogP contribution < -0.4 is 11.1 Å². The summed E-state index contributed by atoms with van der Waals surface area (Å²) in [6.07, 6.45) is 4.24. The van der Waals surface area contributed by atoms with E-state index in [4.69, 9.17) is 5.73 Å². The van der Waals surface area contributed by atoms with E-state index < -0.39 is 0 Å². The van der Waals surface area contributed by atoms with Gasteiger partial charge in [-0.25, -0.2) is 0 Å². The largest absolute Gasteiger partial charge is 0.352 e. The third-order valence-electron chi connectivity index (χ3n) is 4.25. The molecule has 0 aromatic rings. The summed E-state index contributed by atoms with van der Waals surface area (Å²) >= 11 is 0. The molecule has 2 bridgehead atoms. The highest BCUT2D eigenvalue weighted by molar-refractivity contribution is 5.78. The molecule has 3 aliphatic rings. The lowest BCUT2D eigenvalue weighted by atomic mass is 10.0. The number of rotatable bonds is 2. The van der Waals surface area contributed by atoms with Gasteiger partial charge in [0.1, 0.15) is 0 Å². The number of carbonyl (C=O) groups excluding carboxylic acids is 1. The van der Waals surface area contributed by atoms with Crippen LogP contribution in [0.15, 0.2) is 0 Å². The van der Waals surface area contributed by atoms with Gasteiger partial charge >= 0.3 is 0 Å². The maximum atomic E-state index is 11.1. The summed E-state index contributed by atoms with van der Waals surface area (Å²) in [4.78, 5) is 11.1. The number of hydrogen-bond acceptors (Lipinski definition) is 2. The van der Waals surface area contributed by atoms with E-state index in [1.54, 1.807) is 0 Å². The molecular formula is C10H16N2O. The maximum absolute atomic E-state index is 11.1. The van der Waals surface area contributed by atoms with E-state index in [-0.39, 0.29) is 12.5 Å². The van der Waals surface area contributed by atoms with E-state index in [1.165, 1.54) is 19.3 Å². The second kappa shape index (κ2) is 2.47. The van der Waals surface area contributed by atoms with E-state index in [9.17, 15) is 4.79 Å². The first kappa shape index (κ1) is 7.80. The van der Waals surface area contributed by atoms with Gasteiger partial charge in [0.05, 0.1) is 6.54 Å². The molecule has 0 aromatic carbocycles. The molecule has 3 aliphatic carbocycles. The van der Waals surface area contributed by atoms with Gasteiger partial charge in [-0.15, -0.1) is 0 Å². The molecule has 4 unspecified atom stereocenters. The van der Waals surface area contributed by atoms with Crippen molar-refractivity contribution in [1.29, 1.82) is 0 Å². The zero-order valence-electron chi connectivity index (χ0n) is 7.70. The summed E-state index contributed by atoms with van der Waals surface area (Å²) in [6.45, 7) is 0.144. The van der Waals surface area contributed by atoms with Gasteiger partial charge in [-0.3, -0.25) is 4.79 Å². The molecule has 3 saturated carbocycles. The van der Waals surface area contributed by atoms with Crippen molar-refractivity contribution in [2.75, 3.05) is 6.54 Å². The Bertz CT molecular complexity index is 237. The van der Waals surface area contributed by atoms with Gasteiger partial charge in [-0.1, -0.05) is 0 Å². The second-order valence-electron chi connectivity index (χ2n) is 4.79. The molecule has 0 radical (unpaired) electrons. The summed E-state index contributed by atoms with van der Waals surface area (Å²) in [6, 6.07) is 0.502. The van der Waals surface area contributed by atoms with Gasteiger partial charge in [-0.05, 0) is 42.9 Å². The van der Waals surface area contributed by atoms with Crippen LogP contribution in [0.2, 0.25) is 0 Å². The molecule has 3 rings (SSSR count). The van der Waals surface area contributed by atoms with Crippen LogP contribution in [-0.2, 0) is 4.79 Å². The fourth-order valence-electron chi connectivity index (χ4n) is 3.76. The molecule has 13 heavy (non-hydrogen) atoms. The molecule has 0 spiro atoms. The second-order valence-corrected chi connectivity index (χ2v) is 4.79. The third-order valence-corrected chi connectivity index (χ3v) is 4.25. The Hall–Kier alpha value is -0.570. The lowest BCUT2D eigenvalue weighted by Crippen LogP contribution is -2.34. The first-order valence-electron chi connectivity index (χ1n) is 5.30. The predicted molar refractivity (Wildman–Crippen MR) is 48.8 cm³/mol. The number of hydrogen-bond donors (Lipinski definition) is 2. The quantitative estimate of drug-likeness (QED) is 0.633. The Morgan fingerprint density at radius 3 is 2.46 bits per heavy atom. The molecule has 0 aliphatic heterocycles. The minimum Gasteiger partial charge on any atom is -0.352 e. The van der Waals surface area contributed by atoms with Crippen molar-refractivity contribution < 1.29 is 4.79 Å². The van der Waals surface area contributed by atoms with Crippen LogP contribution in [0, 0.1) is 23.7 Å². The average Bonchev–Trinajstić information content (AvgIpc) is 2.60. The van der Waals surface area contributed by atoms with Crippen molar-refractivity contribution >= 4 is 5.91 Å². The van der Waals surface area contributed by atoms with E-state index in [2.05, 4.69) is 5.32 Å².